The van der Waals surface area contributed by atoms with E-state index in [2.05, 4.69) is 30.4 Å². The summed E-state index contributed by atoms with van der Waals surface area (Å²) >= 11 is 0. The van der Waals surface area contributed by atoms with Crippen LogP contribution in [0.5, 0.6) is 0 Å². The second-order valence-electron chi connectivity index (χ2n) is 9.69. The zero-order chi connectivity index (χ0) is 24.6. The highest BCUT2D eigenvalue weighted by Gasteiger charge is 2.24. The largest absolute Gasteiger partial charge is 0.341 e. The Hall–Kier alpha value is -3.73. The monoisotopic (exact) mass is 478 g/mol. The Morgan fingerprint density at radius 3 is 2.36 bits per heavy atom. The first kappa shape index (κ1) is 24.0. The number of allylic oxidation sites excluding steroid dienone is 6. The molecule has 2 heterocycles. The predicted molar refractivity (Wildman–Crippen MR) is 145 cm³/mol. The number of hydrogen-bond acceptors (Lipinski definition) is 3. The third-order valence-corrected chi connectivity index (χ3v) is 7.18. The first-order valence-electron chi connectivity index (χ1n) is 13.1. The van der Waals surface area contributed by atoms with Crippen molar-refractivity contribution in [3.63, 3.8) is 0 Å². The molecule has 3 aromatic rings. The van der Waals surface area contributed by atoms with Gasteiger partial charge in [-0.3, -0.25) is 4.79 Å². The molecule has 36 heavy (non-hydrogen) atoms. The van der Waals surface area contributed by atoms with Crippen molar-refractivity contribution in [2.75, 3.05) is 13.1 Å². The number of hydrogen-bond donors (Lipinski definition) is 0. The summed E-state index contributed by atoms with van der Waals surface area (Å²) in [6.45, 7) is 1.86. The third kappa shape index (κ3) is 6.09. The number of aromatic nitrogens is 3. The molecule has 1 aliphatic heterocycles. The molecule has 1 saturated heterocycles. The molecule has 0 N–H and O–H groups in total. The Kier molecular flexibility index (Phi) is 7.86. The van der Waals surface area contributed by atoms with Crippen molar-refractivity contribution in [1.29, 1.82) is 0 Å². The number of rotatable bonds is 7. The number of likely N-dealkylation sites (tertiary alicyclic amines) is 1. The number of benzene rings is 2. The smallest absolute Gasteiger partial charge is 0.244 e. The Morgan fingerprint density at radius 1 is 0.889 bits per heavy atom. The van der Waals surface area contributed by atoms with Crippen molar-refractivity contribution in [3.05, 3.63) is 96.6 Å². The number of carbonyl (C=O) groups is 1. The van der Waals surface area contributed by atoms with E-state index < -0.39 is 0 Å². The van der Waals surface area contributed by atoms with E-state index in [0.29, 0.717) is 11.7 Å². The average Bonchev–Trinajstić information content (AvgIpc) is 3.33. The summed E-state index contributed by atoms with van der Waals surface area (Å²) in [6, 6.07) is 19.9. The van der Waals surface area contributed by atoms with Gasteiger partial charge in [0.25, 0.3) is 0 Å². The molecular weight excluding hydrogens is 444 g/mol. The van der Waals surface area contributed by atoms with Crippen LogP contribution >= 0.6 is 0 Å². The maximum atomic E-state index is 13.3. The van der Waals surface area contributed by atoms with Gasteiger partial charge in [0.15, 0.2) is 11.6 Å². The van der Waals surface area contributed by atoms with Gasteiger partial charge in [-0.15, -0.1) is 5.10 Å². The number of amides is 1. The minimum atomic E-state index is 0.120. The topological polar surface area (TPSA) is 51.0 Å². The summed E-state index contributed by atoms with van der Waals surface area (Å²) in [5.41, 5.74) is 3.46. The molecule has 2 aliphatic rings. The van der Waals surface area contributed by atoms with Crippen LogP contribution in [-0.4, -0.2) is 38.7 Å². The normalized spacial score (nSPS) is 16.4. The van der Waals surface area contributed by atoms with Gasteiger partial charge in [-0.05, 0) is 44.4 Å². The van der Waals surface area contributed by atoms with Crippen LogP contribution in [0.4, 0.5) is 0 Å². The first-order chi connectivity index (χ1) is 17.8. The molecule has 5 nitrogen and oxygen atoms in total. The van der Waals surface area contributed by atoms with E-state index in [1.807, 2.05) is 65.6 Å². The van der Waals surface area contributed by atoms with Gasteiger partial charge in [0.05, 0.1) is 0 Å². The number of nitrogens with zero attached hydrogens (tertiary/aromatic N) is 4. The SMILES string of the molecule is O=C(Cn1nc(-c2ccccc2)nc1-c1ccccc1)N1CCC(CCC2=CC=CC=CCC2)CC1. The lowest BCUT2D eigenvalue weighted by atomic mass is 9.89. The van der Waals surface area contributed by atoms with Crippen LogP contribution in [0.3, 0.4) is 0 Å². The first-order valence-corrected chi connectivity index (χ1v) is 13.1. The summed E-state index contributed by atoms with van der Waals surface area (Å²) in [4.78, 5) is 20.1. The van der Waals surface area contributed by atoms with E-state index in [0.717, 1.165) is 55.7 Å². The van der Waals surface area contributed by atoms with Crippen LogP contribution in [0.25, 0.3) is 22.8 Å². The van der Waals surface area contributed by atoms with Crippen LogP contribution in [0, 0.1) is 5.92 Å². The third-order valence-electron chi connectivity index (χ3n) is 7.18. The molecule has 1 fully saturated rings. The van der Waals surface area contributed by atoms with E-state index in [4.69, 9.17) is 10.1 Å². The summed E-state index contributed by atoms with van der Waals surface area (Å²) in [5, 5.41) is 4.74. The van der Waals surface area contributed by atoms with Crippen molar-refractivity contribution in [2.45, 2.75) is 45.1 Å². The minimum Gasteiger partial charge on any atom is -0.341 e. The fraction of sp³-hybridized carbons (Fsp3) is 0.323. The fourth-order valence-corrected chi connectivity index (χ4v) is 5.04. The van der Waals surface area contributed by atoms with Crippen LogP contribution in [0.15, 0.2) is 96.6 Å². The Bertz CT molecular complexity index is 1230. The lowest BCUT2D eigenvalue weighted by Gasteiger charge is -2.32. The van der Waals surface area contributed by atoms with E-state index in [9.17, 15) is 4.79 Å². The van der Waals surface area contributed by atoms with Gasteiger partial charge in [-0.25, -0.2) is 9.67 Å². The Balaban J connectivity index is 1.21. The maximum absolute atomic E-state index is 13.3. The van der Waals surface area contributed by atoms with Gasteiger partial charge in [-0.2, -0.15) is 0 Å². The highest BCUT2D eigenvalue weighted by Crippen LogP contribution is 2.27. The van der Waals surface area contributed by atoms with E-state index in [-0.39, 0.29) is 12.5 Å². The predicted octanol–water partition coefficient (Wildman–Crippen LogP) is 6.46. The Labute approximate surface area is 213 Å². The van der Waals surface area contributed by atoms with Gasteiger partial charge in [0.1, 0.15) is 6.54 Å². The zero-order valence-corrected chi connectivity index (χ0v) is 20.8. The standard InChI is InChI=1S/C31H34N4O/c36-29(34-22-20-26(21-23-34)19-18-25-12-6-2-1-3-7-13-25)24-35-31(28-16-10-5-11-17-28)32-30(33-35)27-14-8-4-9-15-27/h1-6,8-12,14-17,26H,7,13,18-24H2. The molecule has 184 valence electrons. The van der Waals surface area contributed by atoms with Crippen molar-refractivity contribution >= 4 is 5.91 Å². The van der Waals surface area contributed by atoms with E-state index >= 15 is 0 Å². The maximum Gasteiger partial charge on any atom is 0.244 e. The van der Waals surface area contributed by atoms with Crippen LogP contribution in [-0.2, 0) is 11.3 Å². The molecule has 1 amide bonds. The van der Waals surface area contributed by atoms with Crippen molar-refractivity contribution in [3.8, 4) is 22.8 Å². The van der Waals surface area contributed by atoms with E-state index in [1.165, 1.54) is 12.8 Å². The molecule has 0 radical (unpaired) electrons. The molecular formula is C31H34N4O. The quantitative estimate of drug-likeness (QED) is 0.391. The molecule has 0 spiro atoms. The molecule has 5 rings (SSSR count). The lowest BCUT2D eigenvalue weighted by Crippen LogP contribution is -2.40. The van der Waals surface area contributed by atoms with Gasteiger partial charge >= 0.3 is 0 Å². The van der Waals surface area contributed by atoms with Crippen LogP contribution in [0.2, 0.25) is 0 Å². The zero-order valence-electron chi connectivity index (χ0n) is 20.8. The molecule has 1 aliphatic carbocycles. The molecule has 0 atom stereocenters. The second kappa shape index (κ2) is 11.8. The highest BCUT2D eigenvalue weighted by molar-refractivity contribution is 5.77. The van der Waals surface area contributed by atoms with Gasteiger partial charge in [0, 0.05) is 24.2 Å². The lowest BCUT2D eigenvalue weighted by molar-refractivity contribution is -0.133. The molecule has 2 aromatic carbocycles. The average molecular weight is 479 g/mol. The highest BCUT2D eigenvalue weighted by atomic mass is 16.2. The summed E-state index contributed by atoms with van der Waals surface area (Å²) < 4.78 is 1.77. The Morgan fingerprint density at radius 2 is 1.61 bits per heavy atom. The number of carbonyl (C=O) groups excluding carboxylic acids is 1. The summed E-state index contributed by atoms with van der Waals surface area (Å²) in [7, 11) is 0. The van der Waals surface area contributed by atoms with E-state index in [1.54, 1.807) is 10.3 Å². The molecule has 0 saturated carbocycles. The second-order valence-corrected chi connectivity index (χ2v) is 9.69. The molecule has 1 aromatic heterocycles. The van der Waals surface area contributed by atoms with Crippen LogP contribution < -0.4 is 0 Å². The van der Waals surface area contributed by atoms with Crippen molar-refractivity contribution < 1.29 is 4.79 Å². The number of piperidine rings is 1. The van der Waals surface area contributed by atoms with Crippen LogP contribution in [0.1, 0.15) is 38.5 Å². The molecule has 0 unspecified atom stereocenters. The molecule has 5 heteroatoms. The van der Waals surface area contributed by atoms with Gasteiger partial charge in [0.2, 0.25) is 5.91 Å². The summed E-state index contributed by atoms with van der Waals surface area (Å²) in [5.74, 6) is 2.19. The van der Waals surface area contributed by atoms with Crippen molar-refractivity contribution in [1.82, 2.24) is 19.7 Å². The minimum absolute atomic E-state index is 0.120. The summed E-state index contributed by atoms with van der Waals surface area (Å²) in [6.07, 6.45) is 17.7. The van der Waals surface area contributed by atoms with Gasteiger partial charge in [-0.1, -0.05) is 96.6 Å². The van der Waals surface area contributed by atoms with Crippen molar-refractivity contribution in [2.24, 2.45) is 5.92 Å². The molecule has 0 bridgehead atoms. The fourth-order valence-electron chi connectivity index (χ4n) is 5.04. The van der Waals surface area contributed by atoms with Gasteiger partial charge < -0.3 is 4.90 Å².